The zero-order chi connectivity index (χ0) is 25.0. The van der Waals surface area contributed by atoms with Crippen molar-refractivity contribution in [2.75, 3.05) is 13.7 Å². The van der Waals surface area contributed by atoms with Crippen LogP contribution < -0.4 is 10.6 Å². The van der Waals surface area contributed by atoms with Crippen LogP contribution in [-0.2, 0) is 4.74 Å². The monoisotopic (exact) mass is 535 g/mol. The normalized spacial score (nSPS) is 25.6. The molecule has 2 aromatic carbocycles. The molecule has 0 amide bonds. The lowest BCUT2D eigenvalue weighted by Crippen LogP contribution is -2.56. The standard InChI is InChI=1S/C21H21Cl2F2N3O5S/c1-32-20-13(24)4-9(5-14(20)25)15(28-26)7-27-17-18(30)16(8-29)33-21(19(17)31)34-10-2-3-11(22)12(23)6-10/h2-7,16-19,21,29-31H,8,26H2,1H3/t16?,17?,18-,19?,21+/m0/s1. The number of aliphatic hydroxyl groups is 3. The average Bonchev–Trinajstić information content (AvgIpc) is 2.80. The van der Waals surface area contributed by atoms with E-state index in [2.05, 4.69) is 14.8 Å². The van der Waals surface area contributed by atoms with Crippen molar-refractivity contribution in [2.45, 2.75) is 34.7 Å². The SMILES string of the molecule is COc1c(F)cc(C(C=NC2C(O)[C@@H](Sc3ccc(Cl)c(Cl)c3)OC(CO)[C@@H]2O)=NN)cc1F. The van der Waals surface area contributed by atoms with Gasteiger partial charge in [-0.25, -0.2) is 8.78 Å². The number of benzene rings is 2. The number of halogens is 4. The quantitative estimate of drug-likeness (QED) is 0.243. The highest BCUT2D eigenvalue weighted by molar-refractivity contribution is 7.99. The Morgan fingerprint density at radius 2 is 1.85 bits per heavy atom. The van der Waals surface area contributed by atoms with Gasteiger partial charge in [0, 0.05) is 16.7 Å². The van der Waals surface area contributed by atoms with Gasteiger partial charge in [0.05, 0.1) is 23.8 Å². The van der Waals surface area contributed by atoms with Gasteiger partial charge in [-0.2, -0.15) is 5.10 Å². The zero-order valence-corrected chi connectivity index (χ0v) is 19.9. The minimum Gasteiger partial charge on any atom is -0.491 e. The second-order valence-corrected chi connectivity index (χ2v) is 9.14. The minimum absolute atomic E-state index is 0.0430. The number of ether oxygens (including phenoxy) is 2. The molecule has 0 aromatic heterocycles. The highest BCUT2D eigenvalue weighted by Crippen LogP contribution is 2.36. The maximum absolute atomic E-state index is 14.1. The van der Waals surface area contributed by atoms with Crippen LogP contribution in [-0.4, -0.2) is 70.8 Å². The molecule has 1 aliphatic rings. The van der Waals surface area contributed by atoms with E-state index in [0.717, 1.165) is 37.2 Å². The van der Waals surface area contributed by atoms with E-state index in [1.54, 1.807) is 18.2 Å². The number of methoxy groups -OCH3 is 1. The van der Waals surface area contributed by atoms with E-state index in [1.807, 2.05) is 0 Å². The molecule has 1 saturated heterocycles. The van der Waals surface area contributed by atoms with Crippen LogP contribution in [0.15, 0.2) is 45.3 Å². The van der Waals surface area contributed by atoms with Crippen molar-refractivity contribution in [3.8, 4) is 5.75 Å². The summed E-state index contributed by atoms with van der Waals surface area (Å²) in [4.78, 5) is 4.77. The van der Waals surface area contributed by atoms with Crippen molar-refractivity contribution >= 4 is 46.9 Å². The number of thioether (sulfide) groups is 1. The third kappa shape index (κ3) is 5.80. The zero-order valence-electron chi connectivity index (χ0n) is 17.6. The largest absolute Gasteiger partial charge is 0.491 e. The fourth-order valence-electron chi connectivity index (χ4n) is 3.27. The maximum atomic E-state index is 14.1. The number of hydrogen-bond donors (Lipinski definition) is 4. The molecule has 8 nitrogen and oxygen atoms in total. The van der Waals surface area contributed by atoms with Crippen molar-refractivity contribution in [3.63, 3.8) is 0 Å². The van der Waals surface area contributed by atoms with Crippen molar-refractivity contribution < 1.29 is 33.6 Å². The van der Waals surface area contributed by atoms with E-state index in [4.69, 9.17) is 33.8 Å². The summed E-state index contributed by atoms with van der Waals surface area (Å²) in [6.07, 6.45) is -2.75. The molecule has 0 bridgehead atoms. The van der Waals surface area contributed by atoms with E-state index < -0.39 is 53.8 Å². The Kier molecular flexibility index (Phi) is 9.10. The first-order valence-electron chi connectivity index (χ1n) is 9.78. The van der Waals surface area contributed by atoms with Crippen LogP contribution in [0.4, 0.5) is 8.78 Å². The van der Waals surface area contributed by atoms with Crippen LogP contribution in [0.5, 0.6) is 5.75 Å². The molecule has 0 saturated carbocycles. The van der Waals surface area contributed by atoms with Gasteiger partial charge in [0.25, 0.3) is 0 Å². The first kappa shape index (κ1) is 26.6. The predicted octanol–water partition coefficient (Wildman–Crippen LogP) is 2.61. The molecule has 34 heavy (non-hydrogen) atoms. The lowest BCUT2D eigenvalue weighted by molar-refractivity contribution is -0.159. The topological polar surface area (TPSA) is 130 Å². The molecule has 2 aromatic rings. The molecule has 3 rings (SSSR count). The van der Waals surface area contributed by atoms with Crippen LogP contribution in [0.3, 0.4) is 0 Å². The van der Waals surface area contributed by atoms with E-state index in [0.29, 0.717) is 14.9 Å². The Morgan fingerprint density at radius 1 is 1.18 bits per heavy atom. The molecular formula is C21H21Cl2F2N3O5S. The second-order valence-electron chi connectivity index (χ2n) is 7.16. The van der Waals surface area contributed by atoms with E-state index in [1.165, 1.54) is 0 Å². The smallest absolute Gasteiger partial charge is 0.190 e. The summed E-state index contributed by atoms with van der Waals surface area (Å²) in [5.74, 6) is 2.85. The molecule has 184 valence electrons. The third-order valence-electron chi connectivity index (χ3n) is 5.00. The Balaban J connectivity index is 1.86. The number of rotatable bonds is 7. The molecule has 5 N–H and O–H groups in total. The number of aliphatic imine (C=N–C) groups is 1. The molecule has 1 aliphatic heterocycles. The summed E-state index contributed by atoms with van der Waals surface area (Å²) in [6.45, 7) is -0.551. The highest BCUT2D eigenvalue weighted by Gasteiger charge is 2.44. The second kappa shape index (κ2) is 11.6. The minimum atomic E-state index is -1.40. The molecule has 1 heterocycles. The maximum Gasteiger partial charge on any atom is 0.190 e. The molecular weight excluding hydrogens is 515 g/mol. The predicted molar refractivity (Wildman–Crippen MR) is 126 cm³/mol. The van der Waals surface area contributed by atoms with Gasteiger partial charge in [-0.15, -0.1) is 0 Å². The fourth-order valence-corrected chi connectivity index (χ4v) is 4.73. The van der Waals surface area contributed by atoms with Crippen molar-refractivity contribution in [2.24, 2.45) is 15.9 Å². The number of aliphatic hydroxyl groups excluding tert-OH is 3. The Hall–Kier alpha value is -1.99. The first-order valence-corrected chi connectivity index (χ1v) is 11.4. The Labute approximate surface area is 208 Å². The third-order valence-corrected chi connectivity index (χ3v) is 6.89. The van der Waals surface area contributed by atoms with Crippen molar-refractivity contribution in [3.05, 3.63) is 57.6 Å². The van der Waals surface area contributed by atoms with Crippen molar-refractivity contribution in [1.29, 1.82) is 0 Å². The van der Waals surface area contributed by atoms with Crippen LogP contribution >= 0.6 is 35.0 Å². The van der Waals surface area contributed by atoms with Crippen LogP contribution in [0.2, 0.25) is 10.0 Å². The van der Waals surface area contributed by atoms with Gasteiger partial charge in [0.15, 0.2) is 17.4 Å². The highest BCUT2D eigenvalue weighted by atomic mass is 35.5. The average molecular weight is 536 g/mol. The number of nitrogens with zero attached hydrogens (tertiary/aromatic N) is 2. The summed E-state index contributed by atoms with van der Waals surface area (Å²) in [5, 5.41) is 35.2. The van der Waals surface area contributed by atoms with Crippen LogP contribution in [0.25, 0.3) is 0 Å². The molecule has 5 atom stereocenters. The Bertz CT molecular complexity index is 1070. The molecule has 13 heteroatoms. The molecule has 0 radical (unpaired) electrons. The van der Waals surface area contributed by atoms with Crippen LogP contribution in [0.1, 0.15) is 5.56 Å². The fraction of sp³-hybridized carbons (Fsp3) is 0.333. The molecule has 0 aliphatic carbocycles. The Morgan fingerprint density at radius 3 is 2.41 bits per heavy atom. The lowest BCUT2D eigenvalue weighted by Gasteiger charge is -2.40. The summed E-state index contributed by atoms with van der Waals surface area (Å²) in [5.41, 5.74) is -1.12. The van der Waals surface area contributed by atoms with Crippen LogP contribution in [0, 0.1) is 11.6 Å². The number of nitrogens with two attached hydrogens (primary N) is 1. The lowest BCUT2D eigenvalue weighted by atomic mass is 9.98. The molecule has 0 spiro atoms. The van der Waals surface area contributed by atoms with Gasteiger partial charge >= 0.3 is 0 Å². The first-order chi connectivity index (χ1) is 16.2. The summed E-state index contributed by atoms with van der Waals surface area (Å²) in [6, 6.07) is 5.54. The summed E-state index contributed by atoms with van der Waals surface area (Å²) in [7, 11) is 1.12. The van der Waals surface area contributed by atoms with Gasteiger partial charge in [-0.1, -0.05) is 35.0 Å². The summed E-state index contributed by atoms with van der Waals surface area (Å²) < 4.78 is 38.5. The van der Waals surface area contributed by atoms with Gasteiger partial charge in [-0.05, 0) is 30.3 Å². The molecule has 1 fully saturated rings. The van der Waals surface area contributed by atoms with Gasteiger partial charge in [0.1, 0.15) is 35.5 Å². The van der Waals surface area contributed by atoms with Crippen molar-refractivity contribution in [1.82, 2.24) is 0 Å². The van der Waals surface area contributed by atoms with Gasteiger partial charge in [0.2, 0.25) is 0 Å². The van der Waals surface area contributed by atoms with E-state index in [-0.39, 0.29) is 11.3 Å². The van der Waals surface area contributed by atoms with E-state index in [9.17, 15) is 24.1 Å². The molecule has 3 unspecified atom stereocenters. The van der Waals surface area contributed by atoms with E-state index >= 15 is 0 Å². The number of hydrogen-bond acceptors (Lipinski definition) is 9. The summed E-state index contributed by atoms with van der Waals surface area (Å²) >= 11 is 13.1. The number of hydrazone groups is 1. The van der Waals surface area contributed by atoms with Gasteiger partial charge < -0.3 is 30.6 Å². The van der Waals surface area contributed by atoms with Gasteiger partial charge in [-0.3, -0.25) is 4.99 Å².